The molecule has 19 heavy (non-hydrogen) atoms. The Morgan fingerprint density at radius 1 is 1.42 bits per heavy atom. The Morgan fingerprint density at radius 3 is 2.53 bits per heavy atom. The number of rotatable bonds is 2. The molecule has 1 heterocycles. The first-order valence-corrected chi connectivity index (χ1v) is 5.60. The molecule has 1 N–H and O–H groups in total. The fourth-order valence-electron chi connectivity index (χ4n) is 2.01. The average Bonchev–Trinajstić information content (AvgIpc) is 2.17. The van der Waals surface area contributed by atoms with Crippen LogP contribution in [0.25, 0.3) is 0 Å². The first-order valence-electron chi connectivity index (χ1n) is 5.60. The number of hydrogen-bond donors (Lipinski definition) is 1. The summed E-state index contributed by atoms with van der Waals surface area (Å²) in [5, 5.41) is 8.71. The Kier molecular flexibility index (Phi) is 3.30. The number of aryl methyl sites for hydroxylation is 1. The maximum Gasteiger partial charge on any atom is 0.573 e. The number of nitrogens with zero attached hydrogens (tertiary/aromatic N) is 1. The van der Waals surface area contributed by atoms with Crippen LogP contribution in [0.3, 0.4) is 0 Å². The van der Waals surface area contributed by atoms with Gasteiger partial charge >= 0.3 is 12.5 Å². The number of likely N-dealkylation sites (tertiary alicyclic amines) is 1. The maximum atomic E-state index is 12.1. The SMILES string of the molecule is Cc1cc(C2CN(C(=O)O)C2)ccc1OC(F)(F)F. The van der Waals surface area contributed by atoms with E-state index in [0.29, 0.717) is 18.7 Å². The summed E-state index contributed by atoms with van der Waals surface area (Å²) in [7, 11) is 0. The zero-order valence-corrected chi connectivity index (χ0v) is 10.1. The van der Waals surface area contributed by atoms with Gasteiger partial charge in [0.25, 0.3) is 0 Å². The van der Waals surface area contributed by atoms with Crippen molar-refractivity contribution in [2.45, 2.75) is 19.2 Å². The van der Waals surface area contributed by atoms with Crippen LogP contribution in [0, 0.1) is 6.92 Å². The number of carboxylic acid groups (broad SMARTS) is 1. The van der Waals surface area contributed by atoms with Gasteiger partial charge in [0.2, 0.25) is 0 Å². The predicted octanol–water partition coefficient (Wildman–Crippen LogP) is 2.97. The van der Waals surface area contributed by atoms with Gasteiger partial charge in [0, 0.05) is 19.0 Å². The molecule has 0 spiro atoms. The van der Waals surface area contributed by atoms with Gasteiger partial charge in [-0.15, -0.1) is 13.2 Å². The molecule has 1 saturated heterocycles. The number of alkyl halides is 3. The van der Waals surface area contributed by atoms with E-state index in [-0.39, 0.29) is 11.7 Å². The van der Waals surface area contributed by atoms with Crippen molar-refractivity contribution in [1.82, 2.24) is 4.90 Å². The van der Waals surface area contributed by atoms with Gasteiger partial charge in [-0.05, 0) is 24.1 Å². The van der Waals surface area contributed by atoms with Crippen molar-refractivity contribution < 1.29 is 27.8 Å². The molecule has 0 atom stereocenters. The molecule has 1 aromatic carbocycles. The fraction of sp³-hybridized carbons (Fsp3) is 0.417. The van der Waals surface area contributed by atoms with E-state index in [1.54, 1.807) is 6.07 Å². The largest absolute Gasteiger partial charge is 0.573 e. The van der Waals surface area contributed by atoms with Crippen molar-refractivity contribution in [3.63, 3.8) is 0 Å². The predicted molar refractivity (Wildman–Crippen MR) is 60.2 cm³/mol. The van der Waals surface area contributed by atoms with E-state index in [4.69, 9.17) is 5.11 Å². The first-order chi connectivity index (χ1) is 8.76. The Balaban J connectivity index is 2.06. The lowest BCUT2D eigenvalue weighted by Crippen LogP contribution is -2.47. The summed E-state index contributed by atoms with van der Waals surface area (Å²) in [5.41, 5.74) is 1.20. The van der Waals surface area contributed by atoms with E-state index < -0.39 is 12.5 Å². The molecule has 1 aromatic rings. The highest BCUT2D eigenvalue weighted by molar-refractivity contribution is 5.66. The smallest absolute Gasteiger partial charge is 0.465 e. The number of amides is 1. The lowest BCUT2D eigenvalue weighted by atomic mass is 9.91. The minimum atomic E-state index is -4.71. The van der Waals surface area contributed by atoms with Crippen molar-refractivity contribution in [3.05, 3.63) is 29.3 Å². The highest BCUT2D eigenvalue weighted by atomic mass is 19.4. The van der Waals surface area contributed by atoms with E-state index in [1.807, 2.05) is 0 Å². The van der Waals surface area contributed by atoms with Crippen LogP contribution >= 0.6 is 0 Å². The molecular weight excluding hydrogens is 263 g/mol. The van der Waals surface area contributed by atoms with E-state index in [9.17, 15) is 18.0 Å². The van der Waals surface area contributed by atoms with Gasteiger partial charge in [0.1, 0.15) is 5.75 Å². The Morgan fingerprint density at radius 2 is 2.05 bits per heavy atom. The minimum absolute atomic E-state index is 0.0368. The Labute approximate surface area is 107 Å². The molecule has 0 aromatic heterocycles. The maximum absolute atomic E-state index is 12.1. The van der Waals surface area contributed by atoms with Gasteiger partial charge in [-0.25, -0.2) is 4.79 Å². The van der Waals surface area contributed by atoms with Crippen LogP contribution in [-0.4, -0.2) is 35.6 Å². The third-order valence-corrected chi connectivity index (χ3v) is 3.05. The molecule has 7 heteroatoms. The first kappa shape index (κ1) is 13.5. The van der Waals surface area contributed by atoms with Gasteiger partial charge in [0.15, 0.2) is 0 Å². The van der Waals surface area contributed by atoms with Crippen LogP contribution in [-0.2, 0) is 0 Å². The number of benzene rings is 1. The monoisotopic (exact) mass is 275 g/mol. The number of halogens is 3. The van der Waals surface area contributed by atoms with E-state index in [0.717, 1.165) is 5.56 Å². The second kappa shape index (κ2) is 4.64. The van der Waals surface area contributed by atoms with Gasteiger partial charge < -0.3 is 14.7 Å². The summed E-state index contributed by atoms with van der Waals surface area (Å²) >= 11 is 0. The van der Waals surface area contributed by atoms with Crippen molar-refractivity contribution >= 4 is 6.09 Å². The molecule has 0 saturated carbocycles. The van der Waals surface area contributed by atoms with Gasteiger partial charge in [-0.1, -0.05) is 12.1 Å². The highest BCUT2D eigenvalue weighted by Crippen LogP contribution is 2.32. The van der Waals surface area contributed by atoms with Crippen LogP contribution < -0.4 is 4.74 Å². The average molecular weight is 275 g/mol. The summed E-state index contributed by atoms with van der Waals surface area (Å²) in [5.74, 6) is -0.194. The second-order valence-electron chi connectivity index (χ2n) is 4.46. The van der Waals surface area contributed by atoms with Gasteiger partial charge in [0.05, 0.1) is 0 Å². The van der Waals surface area contributed by atoms with Crippen molar-refractivity contribution in [3.8, 4) is 5.75 Å². The fourth-order valence-corrected chi connectivity index (χ4v) is 2.01. The summed E-state index contributed by atoms with van der Waals surface area (Å²) < 4.78 is 40.2. The lowest BCUT2D eigenvalue weighted by Gasteiger charge is -2.37. The lowest BCUT2D eigenvalue weighted by molar-refractivity contribution is -0.274. The standard InChI is InChI=1S/C12H12F3NO3/c1-7-4-8(9-5-16(6-9)11(17)18)2-3-10(7)19-12(13,14)15/h2-4,9H,5-6H2,1H3,(H,17,18). The molecule has 0 unspecified atom stereocenters. The Hall–Kier alpha value is -1.92. The summed E-state index contributed by atoms with van der Waals surface area (Å²) in [6, 6.07) is 4.41. The third kappa shape index (κ3) is 3.10. The van der Waals surface area contributed by atoms with Crippen LogP contribution in [0.1, 0.15) is 17.0 Å². The number of carbonyl (C=O) groups is 1. The van der Waals surface area contributed by atoms with Crippen LogP contribution in [0.2, 0.25) is 0 Å². The Bertz CT molecular complexity index is 495. The molecule has 0 aliphatic carbocycles. The molecule has 2 rings (SSSR count). The molecular formula is C12H12F3NO3. The van der Waals surface area contributed by atoms with Crippen molar-refractivity contribution in [2.75, 3.05) is 13.1 Å². The van der Waals surface area contributed by atoms with E-state index >= 15 is 0 Å². The van der Waals surface area contributed by atoms with Crippen molar-refractivity contribution in [1.29, 1.82) is 0 Å². The molecule has 1 amide bonds. The topological polar surface area (TPSA) is 49.8 Å². The zero-order chi connectivity index (χ0) is 14.2. The van der Waals surface area contributed by atoms with Crippen LogP contribution in [0.4, 0.5) is 18.0 Å². The van der Waals surface area contributed by atoms with Crippen LogP contribution in [0.15, 0.2) is 18.2 Å². The molecule has 1 fully saturated rings. The molecule has 4 nitrogen and oxygen atoms in total. The molecule has 0 radical (unpaired) electrons. The second-order valence-corrected chi connectivity index (χ2v) is 4.46. The zero-order valence-electron chi connectivity index (χ0n) is 10.1. The number of hydrogen-bond acceptors (Lipinski definition) is 2. The van der Waals surface area contributed by atoms with Crippen LogP contribution in [0.5, 0.6) is 5.75 Å². The van der Waals surface area contributed by atoms with Gasteiger partial charge in [-0.2, -0.15) is 0 Å². The van der Waals surface area contributed by atoms with Gasteiger partial charge in [-0.3, -0.25) is 0 Å². The molecule has 104 valence electrons. The number of ether oxygens (including phenoxy) is 1. The molecule has 1 aliphatic rings. The quantitative estimate of drug-likeness (QED) is 0.902. The summed E-state index contributed by atoms with van der Waals surface area (Å²) in [4.78, 5) is 11.9. The molecule has 0 bridgehead atoms. The third-order valence-electron chi connectivity index (χ3n) is 3.05. The highest BCUT2D eigenvalue weighted by Gasteiger charge is 2.33. The summed E-state index contributed by atoms with van der Waals surface area (Å²) in [6.45, 7) is 2.26. The van der Waals surface area contributed by atoms with E-state index in [1.165, 1.54) is 24.0 Å². The molecule has 1 aliphatic heterocycles. The van der Waals surface area contributed by atoms with Crippen molar-refractivity contribution in [2.24, 2.45) is 0 Å². The summed E-state index contributed by atoms with van der Waals surface area (Å²) in [6.07, 6.45) is -5.69. The van der Waals surface area contributed by atoms with E-state index in [2.05, 4.69) is 4.74 Å². The normalized spacial score (nSPS) is 16.1. The minimum Gasteiger partial charge on any atom is -0.465 e.